The van der Waals surface area contributed by atoms with Gasteiger partial charge in [0.2, 0.25) is 0 Å². The minimum atomic E-state index is -0.0910. The molecule has 2 heterocycles. The second-order valence-corrected chi connectivity index (χ2v) is 5.36. The molecule has 0 spiro atoms. The van der Waals surface area contributed by atoms with Gasteiger partial charge in [0, 0.05) is 30.5 Å². The predicted octanol–water partition coefficient (Wildman–Crippen LogP) is 2.40. The highest BCUT2D eigenvalue weighted by molar-refractivity contribution is 9.10. The summed E-state index contributed by atoms with van der Waals surface area (Å²) >= 11 is 3.37. The second-order valence-electron chi connectivity index (χ2n) is 4.45. The molecule has 106 valence electrons. The third-order valence-corrected chi connectivity index (χ3v) is 3.25. The topological polar surface area (TPSA) is 59.0 Å². The van der Waals surface area contributed by atoms with Gasteiger partial charge in [0.25, 0.3) is 5.56 Å². The van der Waals surface area contributed by atoms with Gasteiger partial charge in [-0.15, -0.1) is 0 Å². The number of hydrogen-bond acceptors (Lipinski definition) is 4. The molecule has 0 radical (unpaired) electrons. The van der Waals surface area contributed by atoms with Crippen LogP contribution in [-0.4, -0.2) is 16.1 Å². The third-order valence-electron chi connectivity index (χ3n) is 2.82. The smallest absolute Gasteiger partial charge is 0.274 e. The van der Waals surface area contributed by atoms with E-state index in [4.69, 9.17) is 0 Å². The third kappa shape index (κ3) is 3.68. The highest BCUT2D eigenvalue weighted by atomic mass is 79.9. The first-order valence-corrected chi connectivity index (χ1v) is 7.18. The molecule has 0 saturated carbocycles. The van der Waals surface area contributed by atoms with Crippen molar-refractivity contribution in [2.75, 3.05) is 11.9 Å². The summed E-state index contributed by atoms with van der Waals surface area (Å²) in [6, 6.07) is 5.60. The molecule has 0 aliphatic carbocycles. The average molecular weight is 337 g/mol. The van der Waals surface area contributed by atoms with Gasteiger partial charge in [0.15, 0.2) is 0 Å². The standard InChI is InChI=1S/C14H17BrN4O/c1-3-16-7-10-4-5-13(17-8-10)18-12-6-11(15)9-19(2)14(12)20/h4-6,8-9,16H,3,7H2,1-2H3,(H,17,18). The molecule has 0 saturated heterocycles. The fraction of sp³-hybridized carbons (Fsp3) is 0.286. The number of anilines is 2. The average Bonchev–Trinajstić information content (AvgIpc) is 2.43. The molecule has 0 fully saturated rings. The first kappa shape index (κ1) is 14.7. The van der Waals surface area contributed by atoms with Crippen LogP contribution < -0.4 is 16.2 Å². The van der Waals surface area contributed by atoms with Crippen molar-refractivity contribution in [2.24, 2.45) is 7.05 Å². The van der Waals surface area contributed by atoms with Crippen molar-refractivity contribution in [3.63, 3.8) is 0 Å². The van der Waals surface area contributed by atoms with Gasteiger partial charge in [-0.05, 0) is 40.2 Å². The second kappa shape index (κ2) is 6.67. The van der Waals surface area contributed by atoms with Gasteiger partial charge in [-0.2, -0.15) is 0 Å². The van der Waals surface area contributed by atoms with E-state index in [2.05, 4.69) is 38.5 Å². The van der Waals surface area contributed by atoms with Crippen molar-refractivity contribution in [3.8, 4) is 0 Å². The van der Waals surface area contributed by atoms with E-state index in [0.29, 0.717) is 11.5 Å². The molecule has 5 nitrogen and oxygen atoms in total. The number of nitrogens with one attached hydrogen (secondary N) is 2. The van der Waals surface area contributed by atoms with Gasteiger partial charge < -0.3 is 15.2 Å². The lowest BCUT2D eigenvalue weighted by atomic mass is 10.3. The molecule has 2 aromatic rings. The zero-order valence-electron chi connectivity index (χ0n) is 11.5. The Morgan fingerprint density at radius 1 is 1.40 bits per heavy atom. The molecule has 0 bridgehead atoms. The zero-order chi connectivity index (χ0) is 14.5. The normalized spacial score (nSPS) is 10.6. The highest BCUT2D eigenvalue weighted by Crippen LogP contribution is 2.15. The van der Waals surface area contributed by atoms with Gasteiger partial charge >= 0.3 is 0 Å². The Morgan fingerprint density at radius 3 is 2.85 bits per heavy atom. The van der Waals surface area contributed by atoms with Crippen LogP contribution in [0.15, 0.2) is 39.9 Å². The molecule has 0 unspecified atom stereocenters. The van der Waals surface area contributed by atoms with Crippen LogP contribution in [0, 0.1) is 0 Å². The summed E-state index contributed by atoms with van der Waals surface area (Å²) in [6.45, 7) is 3.78. The molecule has 6 heteroatoms. The number of nitrogens with zero attached hydrogens (tertiary/aromatic N) is 2. The largest absolute Gasteiger partial charge is 0.336 e. The van der Waals surface area contributed by atoms with Crippen LogP contribution in [-0.2, 0) is 13.6 Å². The minimum absolute atomic E-state index is 0.0910. The maximum atomic E-state index is 12.0. The maximum Gasteiger partial charge on any atom is 0.274 e. The lowest BCUT2D eigenvalue weighted by Gasteiger charge is -2.08. The lowest BCUT2D eigenvalue weighted by Crippen LogP contribution is -2.19. The summed E-state index contributed by atoms with van der Waals surface area (Å²) in [5, 5.41) is 6.28. The predicted molar refractivity (Wildman–Crippen MR) is 84.3 cm³/mol. The number of aryl methyl sites for hydroxylation is 1. The van der Waals surface area contributed by atoms with Gasteiger partial charge in [-0.3, -0.25) is 4.79 Å². The van der Waals surface area contributed by atoms with Crippen LogP contribution >= 0.6 is 15.9 Å². The molecular weight excluding hydrogens is 320 g/mol. The van der Waals surface area contributed by atoms with Crippen molar-refractivity contribution in [2.45, 2.75) is 13.5 Å². The van der Waals surface area contributed by atoms with E-state index in [1.165, 1.54) is 4.57 Å². The van der Waals surface area contributed by atoms with Crippen LogP contribution in [0.5, 0.6) is 0 Å². The Morgan fingerprint density at radius 2 is 2.20 bits per heavy atom. The van der Waals surface area contributed by atoms with Crippen molar-refractivity contribution in [1.82, 2.24) is 14.9 Å². The van der Waals surface area contributed by atoms with Crippen LogP contribution in [0.3, 0.4) is 0 Å². The monoisotopic (exact) mass is 336 g/mol. The van der Waals surface area contributed by atoms with Crippen molar-refractivity contribution in [1.29, 1.82) is 0 Å². The highest BCUT2D eigenvalue weighted by Gasteiger charge is 2.04. The molecule has 2 N–H and O–H groups in total. The molecule has 2 rings (SSSR count). The zero-order valence-corrected chi connectivity index (χ0v) is 13.1. The van der Waals surface area contributed by atoms with Gasteiger partial charge in [-0.25, -0.2) is 4.98 Å². The molecule has 20 heavy (non-hydrogen) atoms. The Kier molecular flexibility index (Phi) is 4.92. The number of rotatable bonds is 5. The molecule has 0 atom stereocenters. The summed E-state index contributed by atoms with van der Waals surface area (Å²) in [4.78, 5) is 16.3. The van der Waals surface area contributed by atoms with Crippen LogP contribution in [0.1, 0.15) is 12.5 Å². The number of aromatic nitrogens is 2. The Bertz CT molecular complexity index is 637. The van der Waals surface area contributed by atoms with Crippen molar-refractivity contribution in [3.05, 3.63) is 51.0 Å². The summed E-state index contributed by atoms with van der Waals surface area (Å²) < 4.78 is 2.36. The maximum absolute atomic E-state index is 12.0. The molecule has 0 aliphatic rings. The summed E-state index contributed by atoms with van der Waals surface area (Å²) in [7, 11) is 1.71. The molecule has 2 aromatic heterocycles. The molecular formula is C14H17BrN4O. The van der Waals surface area contributed by atoms with Crippen molar-refractivity contribution >= 4 is 27.4 Å². The molecule has 0 amide bonds. The SMILES string of the molecule is CCNCc1ccc(Nc2cc(Br)cn(C)c2=O)nc1. The van der Waals surface area contributed by atoms with E-state index in [-0.39, 0.29) is 5.56 Å². The molecule has 0 aliphatic heterocycles. The van der Waals surface area contributed by atoms with Gasteiger partial charge in [-0.1, -0.05) is 13.0 Å². The van der Waals surface area contributed by atoms with Crippen LogP contribution in [0.4, 0.5) is 11.5 Å². The van der Waals surface area contributed by atoms with E-state index in [1.54, 1.807) is 25.5 Å². The fourth-order valence-corrected chi connectivity index (χ4v) is 2.31. The molecule has 0 aromatic carbocycles. The summed E-state index contributed by atoms with van der Waals surface area (Å²) in [5.41, 5.74) is 1.51. The van der Waals surface area contributed by atoms with Gasteiger partial charge in [0.1, 0.15) is 11.5 Å². The van der Waals surface area contributed by atoms with Gasteiger partial charge in [0.05, 0.1) is 0 Å². The first-order chi connectivity index (χ1) is 9.60. The lowest BCUT2D eigenvalue weighted by molar-refractivity contribution is 0.724. The van der Waals surface area contributed by atoms with E-state index in [9.17, 15) is 4.79 Å². The van der Waals surface area contributed by atoms with Crippen molar-refractivity contribution < 1.29 is 0 Å². The Balaban J connectivity index is 2.16. The van der Waals surface area contributed by atoms with E-state index >= 15 is 0 Å². The van der Waals surface area contributed by atoms with E-state index in [0.717, 1.165) is 23.1 Å². The van der Waals surface area contributed by atoms with E-state index in [1.807, 2.05) is 12.1 Å². The summed E-state index contributed by atoms with van der Waals surface area (Å²) in [5.74, 6) is 0.653. The summed E-state index contributed by atoms with van der Waals surface area (Å²) in [6.07, 6.45) is 3.52. The Hall–Kier alpha value is -1.66. The minimum Gasteiger partial charge on any atom is -0.336 e. The Labute approximate surface area is 126 Å². The fourth-order valence-electron chi connectivity index (χ4n) is 1.77. The first-order valence-electron chi connectivity index (χ1n) is 6.39. The van der Waals surface area contributed by atoms with Crippen LogP contribution in [0.25, 0.3) is 0 Å². The number of pyridine rings is 2. The van der Waals surface area contributed by atoms with E-state index < -0.39 is 0 Å². The quantitative estimate of drug-likeness (QED) is 0.880. The number of halogens is 1. The number of hydrogen-bond donors (Lipinski definition) is 2. The van der Waals surface area contributed by atoms with Crippen LogP contribution in [0.2, 0.25) is 0 Å².